The summed E-state index contributed by atoms with van der Waals surface area (Å²) in [5.74, 6) is 1.40. The lowest BCUT2D eigenvalue weighted by Gasteiger charge is -2.42. The van der Waals surface area contributed by atoms with Crippen LogP contribution in [0.5, 0.6) is 11.6 Å². The third kappa shape index (κ3) is 6.27. The summed E-state index contributed by atoms with van der Waals surface area (Å²) in [6, 6.07) is 13.7. The third-order valence-corrected chi connectivity index (χ3v) is 7.07. The monoisotopic (exact) mass is 467 g/mol. The lowest BCUT2D eigenvalue weighted by molar-refractivity contribution is 0.0329. The van der Waals surface area contributed by atoms with Crippen molar-refractivity contribution >= 4 is 5.91 Å². The average Bonchev–Trinajstić information content (AvgIpc) is 2.87. The Bertz CT molecular complexity index is 943. The topological polar surface area (TPSA) is 64.1 Å². The second kappa shape index (κ2) is 11.7. The van der Waals surface area contributed by atoms with Crippen LogP contribution in [-0.4, -0.2) is 74.3 Å². The second-order valence-corrected chi connectivity index (χ2v) is 9.56. The Hall–Kier alpha value is -2.64. The highest BCUT2D eigenvalue weighted by Crippen LogP contribution is 2.38. The molecule has 0 N–H and O–H groups in total. The maximum absolute atomic E-state index is 13.1. The molecule has 184 valence electrons. The summed E-state index contributed by atoms with van der Waals surface area (Å²) < 4.78 is 17.6. The lowest BCUT2D eigenvalue weighted by atomic mass is 9.75. The number of para-hydroxylation sites is 1. The van der Waals surface area contributed by atoms with Crippen LogP contribution in [0.2, 0.25) is 0 Å². The van der Waals surface area contributed by atoms with Crippen molar-refractivity contribution in [2.75, 3.05) is 53.6 Å². The summed E-state index contributed by atoms with van der Waals surface area (Å²) in [5.41, 5.74) is 1.70. The number of methoxy groups -OCH3 is 1. The van der Waals surface area contributed by atoms with E-state index in [4.69, 9.17) is 14.2 Å². The smallest absolute Gasteiger partial charge is 0.272 e. The first kappa shape index (κ1) is 24.5. The fourth-order valence-corrected chi connectivity index (χ4v) is 4.86. The number of fused-ring (bicyclic) bond motifs is 1. The molecule has 3 heterocycles. The Morgan fingerprint density at radius 3 is 2.65 bits per heavy atom. The first-order valence-corrected chi connectivity index (χ1v) is 12.4. The summed E-state index contributed by atoms with van der Waals surface area (Å²) in [6.45, 7) is 5.39. The number of aromatic nitrogens is 1. The van der Waals surface area contributed by atoms with E-state index < -0.39 is 0 Å². The van der Waals surface area contributed by atoms with Crippen molar-refractivity contribution in [2.24, 2.45) is 5.41 Å². The van der Waals surface area contributed by atoms with Gasteiger partial charge in [-0.1, -0.05) is 30.7 Å². The van der Waals surface area contributed by atoms with Crippen LogP contribution in [0.15, 0.2) is 42.5 Å². The Balaban J connectivity index is 1.45. The molecule has 2 aliphatic heterocycles. The number of likely N-dealkylation sites (N-methyl/N-ethyl adjacent to an activating group) is 1. The molecule has 1 fully saturated rings. The van der Waals surface area contributed by atoms with Crippen LogP contribution in [0.1, 0.15) is 48.2 Å². The van der Waals surface area contributed by atoms with Crippen molar-refractivity contribution in [2.45, 2.75) is 38.6 Å². The Morgan fingerprint density at radius 1 is 1.00 bits per heavy atom. The molecular formula is C27H37N3O4. The van der Waals surface area contributed by atoms with Crippen LogP contribution in [-0.2, 0) is 11.3 Å². The van der Waals surface area contributed by atoms with Crippen LogP contribution in [0.3, 0.4) is 0 Å². The van der Waals surface area contributed by atoms with Crippen molar-refractivity contribution in [3.8, 4) is 11.6 Å². The van der Waals surface area contributed by atoms with Gasteiger partial charge >= 0.3 is 0 Å². The first-order chi connectivity index (χ1) is 16.6. The van der Waals surface area contributed by atoms with Crippen molar-refractivity contribution < 1.29 is 19.0 Å². The van der Waals surface area contributed by atoms with Crippen LogP contribution in [0.4, 0.5) is 0 Å². The predicted octanol–water partition coefficient (Wildman–Crippen LogP) is 4.02. The van der Waals surface area contributed by atoms with Crippen LogP contribution in [0, 0.1) is 5.41 Å². The highest BCUT2D eigenvalue weighted by Gasteiger charge is 2.37. The van der Waals surface area contributed by atoms with Gasteiger partial charge in [-0.15, -0.1) is 0 Å². The molecule has 2 aromatic rings. The van der Waals surface area contributed by atoms with Crippen molar-refractivity contribution in [1.29, 1.82) is 0 Å². The van der Waals surface area contributed by atoms with E-state index in [1.165, 1.54) is 5.56 Å². The molecule has 7 heteroatoms. The second-order valence-electron chi connectivity index (χ2n) is 9.56. The molecule has 34 heavy (non-hydrogen) atoms. The number of piperidine rings is 1. The van der Waals surface area contributed by atoms with Gasteiger partial charge in [-0.25, -0.2) is 4.98 Å². The van der Waals surface area contributed by atoms with Crippen molar-refractivity contribution in [3.05, 3.63) is 53.7 Å². The summed E-state index contributed by atoms with van der Waals surface area (Å²) in [4.78, 5) is 21.6. The van der Waals surface area contributed by atoms with E-state index in [9.17, 15) is 4.79 Å². The SMILES string of the molecule is COc1cccc(C(=O)N2CCC3(CCCCOCCN(C)Cc4ccccc4OC3)CC2)n1. The number of hydrogen-bond acceptors (Lipinski definition) is 6. The van der Waals surface area contributed by atoms with Gasteiger partial charge < -0.3 is 19.1 Å². The van der Waals surface area contributed by atoms with Gasteiger partial charge in [0.05, 0.1) is 20.3 Å². The largest absolute Gasteiger partial charge is 0.493 e. The molecule has 0 bridgehead atoms. The van der Waals surface area contributed by atoms with E-state index in [2.05, 4.69) is 35.1 Å². The molecule has 4 rings (SSSR count). The average molecular weight is 468 g/mol. The molecular weight excluding hydrogens is 430 g/mol. The Morgan fingerprint density at radius 2 is 1.82 bits per heavy atom. The number of carbonyl (C=O) groups excluding carboxylic acids is 1. The van der Waals surface area contributed by atoms with Gasteiger partial charge in [-0.2, -0.15) is 0 Å². The minimum absolute atomic E-state index is 0.0302. The summed E-state index contributed by atoms with van der Waals surface area (Å²) in [6.07, 6.45) is 5.08. The van der Waals surface area contributed by atoms with Gasteiger partial charge in [0.2, 0.25) is 5.88 Å². The number of amides is 1. The number of likely N-dealkylation sites (tertiary alicyclic amines) is 1. The summed E-state index contributed by atoms with van der Waals surface area (Å²) in [5, 5.41) is 0. The molecule has 1 amide bonds. The van der Waals surface area contributed by atoms with Gasteiger partial charge in [0, 0.05) is 49.8 Å². The minimum atomic E-state index is -0.0302. The summed E-state index contributed by atoms with van der Waals surface area (Å²) >= 11 is 0. The van der Waals surface area contributed by atoms with E-state index in [1.807, 2.05) is 17.0 Å². The molecule has 1 spiro atoms. The zero-order valence-corrected chi connectivity index (χ0v) is 20.5. The van der Waals surface area contributed by atoms with Crippen LogP contribution < -0.4 is 9.47 Å². The highest BCUT2D eigenvalue weighted by atomic mass is 16.5. The molecule has 0 radical (unpaired) electrons. The zero-order valence-electron chi connectivity index (χ0n) is 20.5. The van der Waals surface area contributed by atoms with Crippen molar-refractivity contribution in [3.63, 3.8) is 0 Å². The quantitative estimate of drug-likeness (QED) is 0.665. The Labute approximate surface area is 203 Å². The van der Waals surface area contributed by atoms with Gasteiger partial charge in [0.1, 0.15) is 11.4 Å². The minimum Gasteiger partial charge on any atom is -0.493 e. The normalized spacial score (nSPS) is 20.1. The summed E-state index contributed by atoms with van der Waals surface area (Å²) in [7, 11) is 3.69. The maximum Gasteiger partial charge on any atom is 0.272 e. The third-order valence-electron chi connectivity index (χ3n) is 7.07. The fourth-order valence-electron chi connectivity index (χ4n) is 4.86. The lowest BCUT2D eigenvalue weighted by Crippen LogP contribution is -2.45. The number of rotatable bonds is 2. The molecule has 0 aliphatic carbocycles. The number of nitrogens with zero attached hydrogens (tertiary/aromatic N) is 3. The molecule has 0 unspecified atom stereocenters. The molecule has 1 aromatic heterocycles. The highest BCUT2D eigenvalue weighted by molar-refractivity contribution is 5.92. The zero-order chi connectivity index (χ0) is 23.8. The molecule has 0 atom stereocenters. The predicted molar refractivity (Wildman–Crippen MR) is 131 cm³/mol. The molecule has 0 saturated carbocycles. The first-order valence-electron chi connectivity index (χ1n) is 12.4. The number of ether oxygens (including phenoxy) is 3. The van der Waals surface area contributed by atoms with Crippen molar-refractivity contribution in [1.82, 2.24) is 14.8 Å². The number of benzene rings is 1. The van der Waals surface area contributed by atoms with Gasteiger partial charge in [0.25, 0.3) is 5.91 Å². The van der Waals surface area contributed by atoms with E-state index in [1.54, 1.807) is 19.2 Å². The fraction of sp³-hybridized carbons (Fsp3) is 0.556. The van der Waals surface area contributed by atoms with Gasteiger partial charge in [-0.05, 0) is 44.9 Å². The number of hydrogen-bond donors (Lipinski definition) is 0. The van der Waals surface area contributed by atoms with E-state index in [0.717, 1.165) is 64.2 Å². The van der Waals surface area contributed by atoms with Gasteiger partial charge in [0.15, 0.2) is 0 Å². The molecule has 1 aromatic carbocycles. The maximum atomic E-state index is 13.1. The molecule has 2 aliphatic rings. The molecule has 7 nitrogen and oxygen atoms in total. The number of carbonyl (C=O) groups is 1. The Kier molecular flexibility index (Phi) is 8.40. The van der Waals surface area contributed by atoms with E-state index >= 15 is 0 Å². The van der Waals surface area contributed by atoms with Crippen LogP contribution in [0.25, 0.3) is 0 Å². The van der Waals surface area contributed by atoms with Crippen LogP contribution >= 0.6 is 0 Å². The number of pyridine rings is 1. The van der Waals surface area contributed by atoms with E-state index in [-0.39, 0.29) is 11.3 Å². The molecule has 1 saturated heterocycles. The van der Waals surface area contributed by atoms with Gasteiger partial charge in [-0.3, -0.25) is 9.69 Å². The van der Waals surface area contributed by atoms with E-state index in [0.29, 0.717) is 31.3 Å². The standard InChI is InChI=1S/C27H37N3O4/c1-29-17-19-33-18-6-5-12-27(21-34-24-10-4-3-8-22(24)20-29)13-15-30(16-14-27)26(31)23-9-7-11-25(28-23)32-2/h3-4,7-11H,5-6,12-21H2,1-2H3.